The molecule has 1 saturated heterocycles. The van der Waals surface area contributed by atoms with Crippen molar-refractivity contribution < 1.29 is 18.8 Å². The van der Waals surface area contributed by atoms with Crippen LogP contribution in [0.2, 0.25) is 0 Å². The molecule has 7 heteroatoms. The predicted octanol–water partition coefficient (Wildman–Crippen LogP) is 4.39. The fourth-order valence-electron chi connectivity index (χ4n) is 4.73. The average molecular weight is 482 g/mol. The molecule has 1 fully saturated rings. The van der Waals surface area contributed by atoms with Crippen molar-refractivity contribution in [3.63, 3.8) is 0 Å². The molecule has 2 heterocycles. The molecule has 1 aromatic heterocycles. The minimum absolute atomic E-state index is 0.320. The number of imide groups is 1. The third kappa shape index (κ3) is 4.73. The van der Waals surface area contributed by atoms with Crippen LogP contribution in [0.3, 0.4) is 0 Å². The number of rotatable bonds is 8. The number of carbonyl (C=O) groups is 3. The normalized spacial score (nSPS) is 15.6. The Balaban J connectivity index is 1.33. The fraction of sp³-hybridized carbons (Fsp3) is 0.207. The van der Waals surface area contributed by atoms with Crippen LogP contribution in [0.25, 0.3) is 11.0 Å². The lowest BCUT2D eigenvalue weighted by molar-refractivity contribution is -0.135. The summed E-state index contributed by atoms with van der Waals surface area (Å²) in [7, 11) is 0. The van der Waals surface area contributed by atoms with Gasteiger partial charge in [0.05, 0.1) is 6.04 Å². The van der Waals surface area contributed by atoms with E-state index >= 15 is 0 Å². The van der Waals surface area contributed by atoms with E-state index in [4.69, 9.17) is 4.42 Å². The van der Waals surface area contributed by atoms with Crippen molar-refractivity contribution in [2.45, 2.75) is 31.3 Å². The molecule has 3 aromatic carbocycles. The Bertz CT molecular complexity index is 1320. The quantitative estimate of drug-likeness (QED) is 0.365. The van der Waals surface area contributed by atoms with Crippen molar-refractivity contribution in [3.05, 3.63) is 108 Å². The van der Waals surface area contributed by atoms with Crippen LogP contribution in [0.15, 0.2) is 95.4 Å². The van der Waals surface area contributed by atoms with Gasteiger partial charge < -0.3 is 15.1 Å². The van der Waals surface area contributed by atoms with Gasteiger partial charge in [0.1, 0.15) is 23.4 Å². The van der Waals surface area contributed by atoms with Crippen LogP contribution in [0, 0.1) is 0 Å². The van der Waals surface area contributed by atoms with Crippen LogP contribution < -0.4 is 10.6 Å². The van der Waals surface area contributed by atoms with Crippen molar-refractivity contribution in [2.75, 3.05) is 6.54 Å². The molecule has 0 saturated carbocycles. The van der Waals surface area contributed by atoms with Crippen molar-refractivity contribution >= 4 is 28.8 Å². The molecule has 0 aliphatic carbocycles. The molecular weight excluding hydrogens is 454 g/mol. The predicted molar refractivity (Wildman–Crippen MR) is 136 cm³/mol. The fourth-order valence-corrected chi connectivity index (χ4v) is 4.73. The van der Waals surface area contributed by atoms with Crippen molar-refractivity contribution in [3.8, 4) is 0 Å². The number of furan rings is 1. The molecule has 5 rings (SSSR count). The molecular formula is C29H27N3O4. The number of carbonyl (C=O) groups excluding carboxylic acids is 3. The second kappa shape index (κ2) is 9.70. The van der Waals surface area contributed by atoms with E-state index in [1.165, 1.54) is 0 Å². The summed E-state index contributed by atoms with van der Waals surface area (Å²) >= 11 is 0. The molecule has 36 heavy (non-hydrogen) atoms. The highest BCUT2D eigenvalue weighted by molar-refractivity contribution is 6.09. The van der Waals surface area contributed by atoms with Gasteiger partial charge in [0.2, 0.25) is 5.91 Å². The molecule has 1 atom stereocenters. The largest absolute Gasteiger partial charge is 0.459 e. The highest BCUT2D eigenvalue weighted by Crippen LogP contribution is 2.28. The number of nitrogens with zero attached hydrogens (tertiary/aromatic N) is 1. The molecule has 0 radical (unpaired) electrons. The second-order valence-electron chi connectivity index (χ2n) is 9.20. The minimum atomic E-state index is -1.18. The van der Waals surface area contributed by atoms with Gasteiger partial charge in [0.15, 0.2) is 0 Å². The van der Waals surface area contributed by atoms with Crippen LogP contribution in [-0.2, 0) is 22.4 Å². The second-order valence-corrected chi connectivity index (χ2v) is 9.20. The number of urea groups is 1. The van der Waals surface area contributed by atoms with E-state index < -0.39 is 29.4 Å². The summed E-state index contributed by atoms with van der Waals surface area (Å²) in [6.45, 7) is 1.43. The first kappa shape index (κ1) is 23.4. The highest BCUT2D eigenvalue weighted by atomic mass is 16.3. The molecule has 4 aromatic rings. The van der Waals surface area contributed by atoms with Crippen LogP contribution in [0.5, 0.6) is 0 Å². The van der Waals surface area contributed by atoms with E-state index in [1.54, 1.807) is 6.92 Å². The summed E-state index contributed by atoms with van der Waals surface area (Å²) in [5, 5.41) is 6.70. The number of benzene rings is 3. The van der Waals surface area contributed by atoms with Gasteiger partial charge in [-0.2, -0.15) is 0 Å². The van der Waals surface area contributed by atoms with Gasteiger partial charge in [0.25, 0.3) is 5.91 Å². The summed E-state index contributed by atoms with van der Waals surface area (Å²) in [4.78, 5) is 40.6. The summed E-state index contributed by atoms with van der Waals surface area (Å²) in [6, 6.07) is 27.6. The van der Waals surface area contributed by atoms with Crippen molar-refractivity contribution in [1.29, 1.82) is 0 Å². The Morgan fingerprint density at radius 1 is 0.917 bits per heavy atom. The SMILES string of the molecule is CC(NC(=O)CN1C(=O)NC(Cc2ccccc2)(Cc2ccccc2)C1=O)c1cc2ccccc2o1. The zero-order valence-corrected chi connectivity index (χ0v) is 19.9. The van der Waals surface area contributed by atoms with Gasteiger partial charge in [-0.05, 0) is 30.2 Å². The van der Waals surface area contributed by atoms with Crippen LogP contribution in [0.1, 0.15) is 29.9 Å². The summed E-state index contributed by atoms with van der Waals surface area (Å²) in [5.41, 5.74) is 1.40. The van der Waals surface area contributed by atoms with Gasteiger partial charge in [-0.3, -0.25) is 14.5 Å². The maximum absolute atomic E-state index is 13.7. The Morgan fingerprint density at radius 3 is 2.11 bits per heavy atom. The first-order valence-corrected chi connectivity index (χ1v) is 11.9. The van der Waals surface area contributed by atoms with Crippen molar-refractivity contribution in [2.24, 2.45) is 0 Å². The third-order valence-electron chi connectivity index (χ3n) is 6.49. The molecule has 0 spiro atoms. The smallest absolute Gasteiger partial charge is 0.325 e. The molecule has 1 aliphatic heterocycles. The number of nitrogens with one attached hydrogen (secondary N) is 2. The number of hydrogen-bond donors (Lipinski definition) is 2. The molecule has 1 aliphatic rings. The minimum Gasteiger partial charge on any atom is -0.459 e. The third-order valence-corrected chi connectivity index (χ3v) is 6.49. The van der Waals surface area contributed by atoms with Crippen molar-refractivity contribution in [1.82, 2.24) is 15.5 Å². The van der Waals surface area contributed by atoms with E-state index in [1.807, 2.05) is 91.0 Å². The van der Waals surface area contributed by atoms with Crippen LogP contribution >= 0.6 is 0 Å². The molecule has 4 amide bonds. The van der Waals surface area contributed by atoms with Crippen LogP contribution in [-0.4, -0.2) is 34.8 Å². The van der Waals surface area contributed by atoms with Gasteiger partial charge in [0, 0.05) is 18.2 Å². The van der Waals surface area contributed by atoms with Gasteiger partial charge >= 0.3 is 6.03 Å². The molecule has 0 bridgehead atoms. The van der Waals surface area contributed by atoms with Gasteiger partial charge in [-0.15, -0.1) is 0 Å². The Hall–Kier alpha value is -4.39. The molecule has 1 unspecified atom stereocenters. The van der Waals surface area contributed by atoms with Crippen LogP contribution in [0.4, 0.5) is 4.79 Å². The lowest BCUT2D eigenvalue weighted by Crippen LogP contribution is -2.51. The average Bonchev–Trinajstić information content (AvgIpc) is 3.41. The molecule has 2 N–H and O–H groups in total. The lowest BCUT2D eigenvalue weighted by atomic mass is 9.84. The zero-order valence-electron chi connectivity index (χ0n) is 19.9. The summed E-state index contributed by atoms with van der Waals surface area (Å²) in [6.07, 6.45) is 0.641. The summed E-state index contributed by atoms with van der Waals surface area (Å²) < 4.78 is 5.83. The number of amides is 4. The Kier molecular flexibility index (Phi) is 6.29. The first-order chi connectivity index (χ1) is 17.4. The maximum Gasteiger partial charge on any atom is 0.325 e. The lowest BCUT2D eigenvalue weighted by Gasteiger charge is -2.27. The molecule has 182 valence electrons. The number of para-hydroxylation sites is 1. The topological polar surface area (TPSA) is 91.7 Å². The van der Waals surface area contributed by atoms with Gasteiger partial charge in [-0.25, -0.2) is 4.79 Å². The van der Waals surface area contributed by atoms with Gasteiger partial charge in [-0.1, -0.05) is 78.9 Å². The van der Waals surface area contributed by atoms with E-state index in [0.29, 0.717) is 18.6 Å². The monoisotopic (exact) mass is 481 g/mol. The molecule has 7 nitrogen and oxygen atoms in total. The standard InChI is InChI=1S/C29H27N3O4/c1-20(25-16-23-14-8-9-15-24(23)36-25)30-26(33)19-32-27(34)29(31-28(32)35,17-21-10-4-2-5-11-21)18-22-12-6-3-7-13-22/h2-16,20H,17-19H2,1H3,(H,30,33)(H,31,35). The van der Waals surface area contributed by atoms with E-state index in [2.05, 4.69) is 10.6 Å². The van der Waals surface area contributed by atoms with E-state index in [0.717, 1.165) is 27.0 Å². The number of fused-ring (bicyclic) bond motifs is 1. The number of hydrogen-bond acceptors (Lipinski definition) is 4. The van der Waals surface area contributed by atoms with E-state index in [9.17, 15) is 14.4 Å². The van der Waals surface area contributed by atoms with E-state index in [-0.39, 0.29) is 6.54 Å². The maximum atomic E-state index is 13.7. The highest BCUT2D eigenvalue weighted by Gasteiger charge is 2.51. The Labute approximate surface area is 209 Å². The summed E-state index contributed by atoms with van der Waals surface area (Å²) in [5.74, 6) is -0.252. The first-order valence-electron chi connectivity index (χ1n) is 11.9. The Morgan fingerprint density at radius 2 is 1.50 bits per heavy atom. The zero-order chi connectivity index (χ0) is 25.1.